The fraction of sp³-hybridized carbons (Fsp3) is 0.917. The Morgan fingerprint density at radius 1 is 1.33 bits per heavy atom. The van der Waals surface area contributed by atoms with Gasteiger partial charge in [0.1, 0.15) is 0 Å². The van der Waals surface area contributed by atoms with Crippen molar-refractivity contribution in [2.75, 3.05) is 13.1 Å². The predicted molar refractivity (Wildman–Crippen MR) is 63.0 cm³/mol. The van der Waals surface area contributed by atoms with E-state index in [1.54, 1.807) is 0 Å². The molecule has 0 aliphatic heterocycles. The smallest absolute Gasteiger partial charge is 0.352 e. The van der Waals surface area contributed by atoms with Crippen molar-refractivity contribution in [3.05, 3.63) is 0 Å². The molecule has 0 aromatic rings. The molecule has 0 bridgehead atoms. The number of alkyl halides is 3. The lowest BCUT2D eigenvalue weighted by atomic mass is 9.93. The molecule has 1 amide bonds. The molecule has 6 heteroatoms. The van der Waals surface area contributed by atoms with Gasteiger partial charge in [0.2, 0.25) is 5.91 Å². The number of halogens is 3. The molecule has 1 fully saturated rings. The molecule has 1 aliphatic carbocycles. The Bertz CT molecular complexity index is 281. The average molecular weight is 266 g/mol. The number of carbonyl (C=O) groups is 1. The van der Waals surface area contributed by atoms with Crippen molar-refractivity contribution in [2.45, 2.75) is 45.3 Å². The lowest BCUT2D eigenvalue weighted by Gasteiger charge is -2.21. The second-order valence-electron chi connectivity index (χ2n) is 5.00. The highest BCUT2D eigenvalue weighted by atomic mass is 19.4. The molecule has 1 saturated carbocycles. The van der Waals surface area contributed by atoms with Gasteiger partial charge >= 0.3 is 6.18 Å². The maximum absolute atomic E-state index is 11.9. The van der Waals surface area contributed by atoms with E-state index >= 15 is 0 Å². The summed E-state index contributed by atoms with van der Waals surface area (Å²) in [5.41, 5.74) is 0. The van der Waals surface area contributed by atoms with Gasteiger partial charge in [0.15, 0.2) is 0 Å². The molecule has 1 aliphatic rings. The zero-order valence-corrected chi connectivity index (χ0v) is 10.8. The standard InChI is InChI=1S/C12H21F3N2O/c1-3-9-4-5-10(8(9)2)17-11(18)6-16-7-12(13,14)15/h8-10,16H,3-7H2,1-2H3,(H,17,18). The van der Waals surface area contributed by atoms with Gasteiger partial charge in [-0.25, -0.2) is 0 Å². The molecule has 3 nitrogen and oxygen atoms in total. The minimum atomic E-state index is -4.27. The molecular weight excluding hydrogens is 245 g/mol. The van der Waals surface area contributed by atoms with Crippen LogP contribution in [-0.4, -0.2) is 31.2 Å². The molecular formula is C12H21F3N2O. The van der Waals surface area contributed by atoms with E-state index in [1.165, 1.54) is 0 Å². The van der Waals surface area contributed by atoms with Gasteiger partial charge in [-0.1, -0.05) is 20.3 Å². The number of rotatable bonds is 5. The van der Waals surface area contributed by atoms with Crippen LogP contribution >= 0.6 is 0 Å². The third kappa shape index (κ3) is 4.84. The molecule has 3 atom stereocenters. The van der Waals surface area contributed by atoms with Gasteiger partial charge in [0.25, 0.3) is 0 Å². The first-order valence-electron chi connectivity index (χ1n) is 6.40. The number of amides is 1. The number of hydrogen-bond acceptors (Lipinski definition) is 2. The van der Waals surface area contributed by atoms with Crippen LogP contribution in [-0.2, 0) is 4.79 Å². The zero-order chi connectivity index (χ0) is 13.8. The second-order valence-corrected chi connectivity index (χ2v) is 5.00. The average Bonchev–Trinajstić information content (AvgIpc) is 2.58. The van der Waals surface area contributed by atoms with E-state index in [0.717, 1.165) is 19.3 Å². The van der Waals surface area contributed by atoms with Crippen molar-refractivity contribution in [2.24, 2.45) is 11.8 Å². The van der Waals surface area contributed by atoms with E-state index in [9.17, 15) is 18.0 Å². The molecule has 0 aromatic carbocycles. The van der Waals surface area contributed by atoms with E-state index in [2.05, 4.69) is 24.5 Å². The fourth-order valence-electron chi connectivity index (χ4n) is 2.60. The fourth-order valence-corrected chi connectivity index (χ4v) is 2.60. The molecule has 0 spiro atoms. The third-order valence-electron chi connectivity index (χ3n) is 3.71. The van der Waals surface area contributed by atoms with E-state index in [-0.39, 0.29) is 18.5 Å². The van der Waals surface area contributed by atoms with Crippen molar-refractivity contribution < 1.29 is 18.0 Å². The lowest BCUT2D eigenvalue weighted by molar-refractivity contribution is -0.128. The highest BCUT2D eigenvalue weighted by Gasteiger charge is 2.32. The van der Waals surface area contributed by atoms with Gasteiger partial charge in [-0.3, -0.25) is 4.79 Å². The summed E-state index contributed by atoms with van der Waals surface area (Å²) in [5.74, 6) is 0.660. The second kappa shape index (κ2) is 6.41. The monoisotopic (exact) mass is 266 g/mol. The molecule has 1 rings (SSSR count). The maximum Gasteiger partial charge on any atom is 0.401 e. The molecule has 0 heterocycles. The van der Waals surface area contributed by atoms with Gasteiger partial charge < -0.3 is 10.6 Å². The van der Waals surface area contributed by atoms with Crippen molar-refractivity contribution >= 4 is 5.91 Å². The lowest BCUT2D eigenvalue weighted by Crippen LogP contribution is -2.43. The number of carbonyl (C=O) groups excluding carboxylic acids is 1. The summed E-state index contributed by atoms with van der Waals surface area (Å²) >= 11 is 0. The normalized spacial score (nSPS) is 28.4. The van der Waals surface area contributed by atoms with Crippen LogP contribution in [0, 0.1) is 11.8 Å². The Labute approximate surface area is 106 Å². The van der Waals surface area contributed by atoms with Crippen LogP contribution in [0.15, 0.2) is 0 Å². The Balaban J connectivity index is 2.25. The topological polar surface area (TPSA) is 41.1 Å². The van der Waals surface area contributed by atoms with Crippen LogP contribution in [0.2, 0.25) is 0 Å². The zero-order valence-electron chi connectivity index (χ0n) is 10.8. The van der Waals surface area contributed by atoms with Crippen molar-refractivity contribution in [3.8, 4) is 0 Å². The summed E-state index contributed by atoms with van der Waals surface area (Å²) in [5, 5.41) is 4.91. The predicted octanol–water partition coefficient (Wildman–Crippen LogP) is 2.08. The van der Waals surface area contributed by atoms with E-state index in [1.807, 2.05) is 0 Å². The first-order valence-corrected chi connectivity index (χ1v) is 6.40. The van der Waals surface area contributed by atoms with E-state index in [4.69, 9.17) is 0 Å². The maximum atomic E-state index is 11.9. The molecule has 18 heavy (non-hydrogen) atoms. The molecule has 0 radical (unpaired) electrons. The Morgan fingerprint density at radius 2 is 2.00 bits per heavy atom. The van der Waals surface area contributed by atoms with Crippen LogP contribution in [0.25, 0.3) is 0 Å². The highest BCUT2D eigenvalue weighted by Crippen LogP contribution is 2.33. The summed E-state index contributed by atoms with van der Waals surface area (Å²) in [7, 11) is 0. The number of hydrogen-bond donors (Lipinski definition) is 2. The first kappa shape index (κ1) is 15.3. The molecule has 106 valence electrons. The summed E-state index contributed by atoms with van der Waals surface area (Å²) < 4.78 is 35.6. The van der Waals surface area contributed by atoms with Crippen LogP contribution < -0.4 is 10.6 Å². The molecule has 0 saturated heterocycles. The van der Waals surface area contributed by atoms with Crippen molar-refractivity contribution in [3.63, 3.8) is 0 Å². The van der Waals surface area contributed by atoms with Crippen LogP contribution in [0.4, 0.5) is 13.2 Å². The molecule has 0 aromatic heterocycles. The Hall–Kier alpha value is -0.780. The van der Waals surface area contributed by atoms with Gasteiger partial charge in [0, 0.05) is 6.04 Å². The summed E-state index contributed by atoms with van der Waals surface area (Å²) in [6.07, 6.45) is -1.18. The summed E-state index contributed by atoms with van der Waals surface area (Å²) in [4.78, 5) is 11.5. The third-order valence-corrected chi connectivity index (χ3v) is 3.71. The van der Waals surface area contributed by atoms with Crippen molar-refractivity contribution in [1.29, 1.82) is 0 Å². The van der Waals surface area contributed by atoms with Gasteiger partial charge in [0.05, 0.1) is 13.1 Å². The van der Waals surface area contributed by atoms with E-state index < -0.39 is 12.7 Å². The van der Waals surface area contributed by atoms with E-state index in [0.29, 0.717) is 11.8 Å². The SMILES string of the molecule is CCC1CCC(NC(=O)CNCC(F)(F)F)C1C. The molecule has 2 N–H and O–H groups in total. The largest absolute Gasteiger partial charge is 0.401 e. The minimum absolute atomic E-state index is 0.107. The van der Waals surface area contributed by atoms with Crippen LogP contribution in [0.1, 0.15) is 33.1 Å². The summed E-state index contributed by atoms with van der Waals surface area (Å²) in [6, 6.07) is 0.107. The first-order chi connectivity index (χ1) is 8.33. The minimum Gasteiger partial charge on any atom is -0.352 e. The van der Waals surface area contributed by atoms with Crippen molar-refractivity contribution in [1.82, 2.24) is 10.6 Å². The summed E-state index contributed by atoms with van der Waals surface area (Å²) in [6.45, 7) is 2.81. The van der Waals surface area contributed by atoms with Crippen LogP contribution in [0.5, 0.6) is 0 Å². The Kier molecular flexibility index (Phi) is 5.44. The number of nitrogens with one attached hydrogen (secondary N) is 2. The van der Waals surface area contributed by atoms with Gasteiger partial charge in [-0.15, -0.1) is 0 Å². The van der Waals surface area contributed by atoms with Gasteiger partial charge in [-0.2, -0.15) is 13.2 Å². The Morgan fingerprint density at radius 3 is 2.50 bits per heavy atom. The van der Waals surface area contributed by atoms with Gasteiger partial charge in [-0.05, 0) is 24.7 Å². The quantitative estimate of drug-likeness (QED) is 0.800. The molecule has 3 unspecified atom stereocenters. The highest BCUT2D eigenvalue weighted by molar-refractivity contribution is 5.78. The van der Waals surface area contributed by atoms with Crippen LogP contribution in [0.3, 0.4) is 0 Å².